The van der Waals surface area contributed by atoms with Gasteiger partial charge in [-0.15, -0.1) is 0 Å². The molecule has 1 aliphatic carbocycles. The number of aromatic nitrogens is 1. The van der Waals surface area contributed by atoms with Gasteiger partial charge in [-0.25, -0.2) is 0 Å². The predicted molar refractivity (Wildman–Crippen MR) is 115 cm³/mol. The normalized spacial score (nSPS) is 16.7. The van der Waals surface area contributed by atoms with Crippen molar-refractivity contribution in [1.29, 1.82) is 0 Å². The summed E-state index contributed by atoms with van der Waals surface area (Å²) in [5.41, 5.74) is 1.22. The van der Waals surface area contributed by atoms with Gasteiger partial charge in [0.15, 0.2) is 0 Å². The van der Waals surface area contributed by atoms with Gasteiger partial charge >= 0.3 is 6.18 Å². The lowest BCUT2D eigenvalue weighted by Crippen LogP contribution is -2.35. The molecule has 0 radical (unpaired) electrons. The molecule has 3 aromatic rings. The van der Waals surface area contributed by atoms with Gasteiger partial charge in [0.1, 0.15) is 11.5 Å². The minimum absolute atomic E-state index is 0.213. The zero-order valence-electron chi connectivity index (χ0n) is 17.2. The van der Waals surface area contributed by atoms with E-state index in [2.05, 4.69) is 11.1 Å². The smallest absolute Gasteiger partial charge is 0.416 e. The molecule has 0 unspecified atom stereocenters. The van der Waals surface area contributed by atoms with Crippen LogP contribution in [-0.2, 0) is 11.0 Å². The van der Waals surface area contributed by atoms with Crippen molar-refractivity contribution in [1.82, 2.24) is 9.88 Å². The molecule has 1 aliphatic heterocycles. The third-order valence-electron chi connectivity index (χ3n) is 5.91. The van der Waals surface area contributed by atoms with Gasteiger partial charge in [0.25, 0.3) is 0 Å². The van der Waals surface area contributed by atoms with Crippen LogP contribution in [0.1, 0.15) is 30.5 Å². The summed E-state index contributed by atoms with van der Waals surface area (Å²) in [5.74, 6) is 1.31. The number of fused-ring (bicyclic) bond motifs is 1. The topological polar surface area (TPSA) is 42.4 Å². The van der Waals surface area contributed by atoms with Crippen molar-refractivity contribution >= 4 is 22.3 Å². The summed E-state index contributed by atoms with van der Waals surface area (Å²) in [6.45, 7) is 1.27. The van der Waals surface area contributed by atoms with Crippen molar-refractivity contribution in [3.8, 4) is 11.5 Å². The van der Waals surface area contributed by atoms with Gasteiger partial charge in [0.2, 0.25) is 5.91 Å². The molecule has 0 saturated heterocycles. The van der Waals surface area contributed by atoms with Gasteiger partial charge in [-0.3, -0.25) is 9.78 Å². The molecule has 0 N–H and O–H groups in total. The molecule has 4 nitrogen and oxygen atoms in total. The Kier molecular flexibility index (Phi) is 5.12. The maximum Gasteiger partial charge on any atom is 0.416 e. The first-order valence-electron chi connectivity index (χ1n) is 10.6. The van der Waals surface area contributed by atoms with E-state index in [0.29, 0.717) is 24.6 Å². The molecule has 32 heavy (non-hydrogen) atoms. The van der Waals surface area contributed by atoms with Crippen molar-refractivity contribution in [2.75, 3.05) is 13.1 Å². The number of carbonyl (C=O) groups excluding carboxylic acids is 1. The zero-order valence-corrected chi connectivity index (χ0v) is 17.2. The van der Waals surface area contributed by atoms with Crippen LogP contribution in [0.5, 0.6) is 11.5 Å². The molecule has 0 spiro atoms. The standard InChI is InChI=1S/C25H21F3N2O2/c26-25(27,28)19-4-7-20(8-5-19)32-21-6-3-16-9-12-29-23(22(16)15-21)17-10-13-30(14-11-17)24(31)18-1-2-18/h3-10,12,15,18H,1-2,11,13-14H2. The van der Waals surface area contributed by atoms with Crippen LogP contribution in [0.3, 0.4) is 0 Å². The Morgan fingerprint density at radius 2 is 1.78 bits per heavy atom. The zero-order chi connectivity index (χ0) is 22.3. The van der Waals surface area contributed by atoms with Crippen LogP contribution in [0, 0.1) is 5.92 Å². The number of alkyl halides is 3. The summed E-state index contributed by atoms with van der Waals surface area (Å²) < 4.78 is 44.1. The van der Waals surface area contributed by atoms with Crippen LogP contribution >= 0.6 is 0 Å². The van der Waals surface area contributed by atoms with E-state index in [-0.39, 0.29) is 11.8 Å². The van der Waals surface area contributed by atoms with E-state index < -0.39 is 11.7 Å². The van der Waals surface area contributed by atoms with E-state index in [1.165, 1.54) is 12.1 Å². The van der Waals surface area contributed by atoms with E-state index in [1.54, 1.807) is 12.3 Å². The first kappa shape index (κ1) is 20.5. The Hall–Kier alpha value is -3.35. The fourth-order valence-electron chi connectivity index (χ4n) is 3.99. The largest absolute Gasteiger partial charge is 0.457 e. The highest BCUT2D eigenvalue weighted by molar-refractivity contribution is 5.93. The summed E-state index contributed by atoms with van der Waals surface area (Å²) in [7, 11) is 0. The minimum atomic E-state index is -4.38. The monoisotopic (exact) mass is 438 g/mol. The molecule has 2 heterocycles. The molecule has 1 aromatic heterocycles. The van der Waals surface area contributed by atoms with Crippen LogP contribution in [-0.4, -0.2) is 28.9 Å². The quantitative estimate of drug-likeness (QED) is 0.496. The average Bonchev–Trinajstić information content (AvgIpc) is 3.64. The van der Waals surface area contributed by atoms with Crippen LogP contribution in [0.15, 0.2) is 60.8 Å². The summed E-state index contributed by atoms with van der Waals surface area (Å²) in [5, 5.41) is 1.90. The highest BCUT2D eigenvalue weighted by atomic mass is 19.4. The van der Waals surface area contributed by atoms with Gasteiger partial charge in [0, 0.05) is 30.6 Å². The predicted octanol–water partition coefficient (Wildman–Crippen LogP) is 6.07. The Morgan fingerprint density at radius 3 is 2.44 bits per heavy atom. The molecule has 5 rings (SSSR count). The number of pyridine rings is 1. The second-order valence-electron chi connectivity index (χ2n) is 8.20. The SMILES string of the molecule is O=C(C1CC1)N1CC=C(c2nccc3ccc(Oc4ccc(C(F)(F)F)cc4)cc23)CC1. The number of ether oxygens (including phenoxy) is 1. The average molecular weight is 438 g/mol. The van der Waals surface area contributed by atoms with Crippen molar-refractivity contribution in [3.63, 3.8) is 0 Å². The van der Waals surface area contributed by atoms with Crippen molar-refractivity contribution in [3.05, 3.63) is 72.1 Å². The third-order valence-corrected chi connectivity index (χ3v) is 5.91. The second kappa shape index (κ2) is 7.97. The highest BCUT2D eigenvalue weighted by Gasteiger charge is 2.34. The Bertz CT molecular complexity index is 1200. The fraction of sp³-hybridized carbons (Fsp3) is 0.280. The van der Waals surface area contributed by atoms with Gasteiger partial charge < -0.3 is 9.64 Å². The molecule has 0 bridgehead atoms. The Labute approximate surface area is 183 Å². The van der Waals surface area contributed by atoms with Crippen molar-refractivity contribution in [2.45, 2.75) is 25.4 Å². The lowest BCUT2D eigenvalue weighted by molar-refractivity contribution is -0.137. The van der Waals surface area contributed by atoms with Gasteiger partial charge in [0.05, 0.1) is 11.3 Å². The molecule has 1 fully saturated rings. The molecular formula is C25H21F3N2O2. The molecule has 1 amide bonds. The summed E-state index contributed by atoms with van der Waals surface area (Å²) in [6.07, 6.45) is 2.17. The minimum Gasteiger partial charge on any atom is -0.457 e. The van der Waals surface area contributed by atoms with E-state index in [4.69, 9.17) is 4.74 Å². The number of halogens is 3. The highest BCUT2D eigenvalue weighted by Crippen LogP contribution is 2.35. The van der Waals surface area contributed by atoms with Gasteiger partial charge in [-0.2, -0.15) is 13.2 Å². The van der Waals surface area contributed by atoms with Crippen molar-refractivity contribution in [2.24, 2.45) is 5.92 Å². The number of nitrogens with zero attached hydrogens (tertiary/aromatic N) is 2. The van der Waals surface area contributed by atoms with Gasteiger partial charge in [-0.05, 0) is 72.7 Å². The van der Waals surface area contributed by atoms with E-state index in [1.807, 2.05) is 23.1 Å². The van der Waals surface area contributed by atoms with Crippen molar-refractivity contribution < 1.29 is 22.7 Å². The van der Waals surface area contributed by atoms with Gasteiger partial charge in [-0.1, -0.05) is 12.1 Å². The number of amides is 1. The van der Waals surface area contributed by atoms with Crippen LogP contribution in [0.2, 0.25) is 0 Å². The molecule has 2 aliphatic rings. The first-order chi connectivity index (χ1) is 15.4. The second-order valence-corrected chi connectivity index (χ2v) is 8.20. The Balaban J connectivity index is 1.39. The maximum absolute atomic E-state index is 12.8. The molecule has 2 aromatic carbocycles. The molecular weight excluding hydrogens is 417 g/mol. The molecule has 7 heteroatoms. The number of hydrogen-bond donors (Lipinski definition) is 0. The van der Waals surface area contributed by atoms with E-state index >= 15 is 0 Å². The fourth-order valence-corrected chi connectivity index (χ4v) is 3.99. The van der Waals surface area contributed by atoms with Crippen LogP contribution in [0.4, 0.5) is 13.2 Å². The third kappa shape index (κ3) is 4.20. The number of rotatable bonds is 4. The van der Waals surface area contributed by atoms with Crippen LogP contribution in [0.25, 0.3) is 16.3 Å². The summed E-state index contributed by atoms with van der Waals surface area (Å²) >= 11 is 0. The van der Waals surface area contributed by atoms with E-state index in [9.17, 15) is 18.0 Å². The summed E-state index contributed by atoms with van der Waals surface area (Å²) in [4.78, 5) is 18.8. The maximum atomic E-state index is 12.8. The number of hydrogen-bond acceptors (Lipinski definition) is 3. The molecule has 1 saturated carbocycles. The summed E-state index contributed by atoms with van der Waals surface area (Å²) in [6, 6.07) is 12.1. The number of carbonyl (C=O) groups is 1. The number of benzene rings is 2. The lowest BCUT2D eigenvalue weighted by Gasteiger charge is -2.26. The Morgan fingerprint density at radius 1 is 1.03 bits per heavy atom. The lowest BCUT2D eigenvalue weighted by atomic mass is 9.99. The van der Waals surface area contributed by atoms with Crippen LogP contribution < -0.4 is 4.74 Å². The molecule has 164 valence electrons. The van der Waals surface area contributed by atoms with E-state index in [0.717, 1.165) is 53.4 Å². The first-order valence-corrected chi connectivity index (χ1v) is 10.6. The molecule has 0 atom stereocenters.